The monoisotopic (exact) mass is 307 g/mol. The van der Waals surface area contributed by atoms with Crippen molar-refractivity contribution in [3.8, 4) is 5.69 Å². The molecule has 0 unspecified atom stereocenters. The topological polar surface area (TPSA) is 4.93 Å². The molecule has 0 saturated heterocycles. The molecule has 0 spiro atoms. The summed E-state index contributed by atoms with van der Waals surface area (Å²) in [4.78, 5) is 0. The smallest absolute Gasteiger partial charge is 0.0547 e. The van der Waals surface area contributed by atoms with Gasteiger partial charge in [0.25, 0.3) is 0 Å². The first kappa shape index (κ1) is 13.4. The average Bonchev–Trinajstić information content (AvgIpc) is 2.94. The summed E-state index contributed by atoms with van der Waals surface area (Å²) < 4.78 is 2.37. The minimum atomic E-state index is 1.20. The first-order valence-corrected chi connectivity index (χ1v) is 8.30. The second-order valence-corrected chi connectivity index (χ2v) is 6.41. The molecular formula is C23H17N. The van der Waals surface area contributed by atoms with Gasteiger partial charge in [-0.1, -0.05) is 60.2 Å². The lowest BCUT2D eigenvalue weighted by Crippen LogP contribution is -1.92. The van der Waals surface area contributed by atoms with Gasteiger partial charge in [-0.3, -0.25) is 0 Å². The van der Waals surface area contributed by atoms with E-state index < -0.39 is 0 Å². The number of para-hydroxylation sites is 2. The maximum atomic E-state index is 2.37. The van der Waals surface area contributed by atoms with Gasteiger partial charge >= 0.3 is 0 Å². The number of aryl methyl sites for hydroxylation is 1. The Morgan fingerprint density at radius 3 is 2.25 bits per heavy atom. The van der Waals surface area contributed by atoms with E-state index in [9.17, 15) is 0 Å². The number of aromatic nitrogens is 1. The van der Waals surface area contributed by atoms with Crippen molar-refractivity contribution in [3.05, 3.63) is 90.5 Å². The Morgan fingerprint density at radius 1 is 0.583 bits per heavy atom. The summed E-state index contributed by atoms with van der Waals surface area (Å²) in [5.41, 5.74) is 5.02. The third kappa shape index (κ3) is 1.88. The van der Waals surface area contributed by atoms with E-state index >= 15 is 0 Å². The van der Waals surface area contributed by atoms with E-state index in [-0.39, 0.29) is 0 Å². The van der Waals surface area contributed by atoms with Gasteiger partial charge in [0.05, 0.1) is 11.0 Å². The molecule has 114 valence electrons. The van der Waals surface area contributed by atoms with Crippen LogP contribution in [0, 0.1) is 6.92 Å². The normalized spacial score (nSPS) is 11.5. The Kier molecular flexibility index (Phi) is 2.77. The van der Waals surface area contributed by atoms with E-state index in [0.717, 1.165) is 0 Å². The van der Waals surface area contributed by atoms with Crippen molar-refractivity contribution in [2.24, 2.45) is 0 Å². The summed E-state index contributed by atoms with van der Waals surface area (Å²) in [5, 5.41) is 5.20. The van der Waals surface area contributed by atoms with Gasteiger partial charge in [-0.05, 0) is 48.0 Å². The van der Waals surface area contributed by atoms with Crippen LogP contribution in [0.3, 0.4) is 0 Å². The first-order valence-electron chi connectivity index (χ1n) is 8.30. The van der Waals surface area contributed by atoms with Crippen molar-refractivity contribution in [1.82, 2.24) is 4.57 Å². The fourth-order valence-corrected chi connectivity index (χ4v) is 3.69. The standard InChI is InChI=1S/C23H17N/c1-16-11-12-17-14-21-20-9-5-6-10-22(20)24(19-7-3-2-4-8-19)23(21)15-18(17)13-16/h2-15H,1H3. The van der Waals surface area contributed by atoms with Gasteiger partial charge in [-0.2, -0.15) is 0 Å². The molecule has 24 heavy (non-hydrogen) atoms. The number of rotatable bonds is 1. The van der Waals surface area contributed by atoms with Crippen LogP contribution in [0.4, 0.5) is 0 Å². The van der Waals surface area contributed by atoms with E-state index in [1.807, 2.05) is 0 Å². The summed E-state index contributed by atoms with van der Waals surface area (Å²) in [6.07, 6.45) is 0. The quantitative estimate of drug-likeness (QED) is 0.345. The molecule has 0 fully saturated rings. The van der Waals surface area contributed by atoms with Gasteiger partial charge in [0.2, 0.25) is 0 Å². The van der Waals surface area contributed by atoms with Crippen LogP contribution in [0.2, 0.25) is 0 Å². The highest BCUT2D eigenvalue weighted by atomic mass is 15.0. The lowest BCUT2D eigenvalue weighted by molar-refractivity contribution is 1.18. The molecule has 0 amide bonds. The van der Waals surface area contributed by atoms with Gasteiger partial charge < -0.3 is 4.57 Å². The minimum absolute atomic E-state index is 1.20. The largest absolute Gasteiger partial charge is 0.309 e. The fourth-order valence-electron chi connectivity index (χ4n) is 3.69. The highest BCUT2D eigenvalue weighted by molar-refractivity contribution is 6.13. The van der Waals surface area contributed by atoms with E-state index in [2.05, 4.69) is 96.4 Å². The van der Waals surface area contributed by atoms with Crippen molar-refractivity contribution < 1.29 is 0 Å². The number of hydrogen-bond donors (Lipinski definition) is 0. The minimum Gasteiger partial charge on any atom is -0.309 e. The molecule has 0 bridgehead atoms. The Bertz CT molecular complexity index is 1200. The van der Waals surface area contributed by atoms with E-state index in [4.69, 9.17) is 0 Å². The van der Waals surface area contributed by atoms with E-state index in [1.54, 1.807) is 0 Å². The van der Waals surface area contributed by atoms with Crippen LogP contribution in [-0.4, -0.2) is 4.57 Å². The molecule has 1 heterocycles. The second kappa shape index (κ2) is 4.97. The lowest BCUT2D eigenvalue weighted by Gasteiger charge is -2.08. The van der Waals surface area contributed by atoms with Gasteiger partial charge in [0.15, 0.2) is 0 Å². The Balaban J connectivity index is 2.01. The molecule has 0 aliphatic rings. The molecule has 0 saturated carbocycles. The second-order valence-electron chi connectivity index (χ2n) is 6.41. The van der Waals surface area contributed by atoms with Crippen LogP contribution >= 0.6 is 0 Å². The molecule has 0 aliphatic carbocycles. The summed E-state index contributed by atoms with van der Waals surface area (Å²) in [6.45, 7) is 2.15. The number of fused-ring (bicyclic) bond motifs is 4. The van der Waals surface area contributed by atoms with Crippen LogP contribution in [0.5, 0.6) is 0 Å². The summed E-state index contributed by atoms with van der Waals surface area (Å²) in [6, 6.07) is 30.6. The molecule has 0 aliphatic heterocycles. The molecule has 1 aromatic heterocycles. The molecule has 5 aromatic rings. The first-order chi connectivity index (χ1) is 11.8. The Hall–Kier alpha value is -3.06. The molecule has 0 N–H and O–H groups in total. The third-order valence-electron chi connectivity index (χ3n) is 4.80. The molecule has 1 heteroatoms. The molecule has 4 aromatic carbocycles. The molecule has 5 rings (SSSR count). The SMILES string of the molecule is Cc1ccc2cc3c4ccccc4n(-c4ccccc4)c3cc2c1. The zero-order valence-corrected chi connectivity index (χ0v) is 13.5. The van der Waals surface area contributed by atoms with Crippen LogP contribution < -0.4 is 0 Å². The predicted octanol–water partition coefficient (Wildman–Crippen LogP) is 6.25. The Morgan fingerprint density at radius 2 is 1.38 bits per heavy atom. The van der Waals surface area contributed by atoms with Gasteiger partial charge in [0.1, 0.15) is 0 Å². The maximum Gasteiger partial charge on any atom is 0.0547 e. The van der Waals surface area contributed by atoms with Crippen LogP contribution in [0.1, 0.15) is 5.56 Å². The summed E-state index contributed by atoms with van der Waals surface area (Å²) in [5.74, 6) is 0. The van der Waals surface area contributed by atoms with Crippen molar-refractivity contribution >= 4 is 32.6 Å². The maximum absolute atomic E-state index is 2.37. The molecule has 1 nitrogen and oxygen atoms in total. The summed E-state index contributed by atoms with van der Waals surface area (Å²) >= 11 is 0. The number of hydrogen-bond acceptors (Lipinski definition) is 0. The van der Waals surface area contributed by atoms with Crippen molar-refractivity contribution in [1.29, 1.82) is 0 Å². The van der Waals surface area contributed by atoms with Crippen LogP contribution in [0.25, 0.3) is 38.3 Å². The van der Waals surface area contributed by atoms with Crippen molar-refractivity contribution in [2.75, 3.05) is 0 Å². The average molecular weight is 307 g/mol. The van der Waals surface area contributed by atoms with Crippen molar-refractivity contribution in [3.63, 3.8) is 0 Å². The fraction of sp³-hybridized carbons (Fsp3) is 0.0435. The van der Waals surface area contributed by atoms with E-state index in [0.29, 0.717) is 0 Å². The molecular weight excluding hydrogens is 290 g/mol. The van der Waals surface area contributed by atoms with Crippen LogP contribution in [-0.2, 0) is 0 Å². The molecule has 0 radical (unpaired) electrons. The zero-order valence-electron chi connectivity index (χ0n) is 13.5. The number of benzene rings is 4. The lowest BCUT2D eigenvalue weighted by atomic mass is 10.0. The van der Waals surface area contributed by atoms with Gasteiger partial charge in [-0.15, -0.1) is 0 Å². The van der Waals surface area contributed by atoms with E-state index in [1.165, 1.54) is 43.8 Å². The highest BCUT2D eigenvalue weighted by Gasteiger charge is 2.12. The third-order valence-corrected chi connectivity index (χ3v) is 4.80. The van der Waals surface area contributed by atoms with Crippen molar-refractivity contribution in [2.45, 2.75) is 6.92 Å². The Labute approximate surface area is 140 Å². The number of nitrogens with zero attached hydrogens (tertiary/aromatic N) is 1. The predicted molar refractivity (Wildman–Crippen MR) is 103 cm³/mol. The summed E-state index contributed by atoms with van der Waals surface area (Å²) in [7, 11) is 0. The van der Waals surface area contributed by atoms with Crippen LogP contribution in [0.15, 0.2) is 84.9 Å². The molecule has 0 atom stereocenters. The van der Waals surface area contributed by atoms with Gasteiger partial charge in [-0.25, -0.2) is 0 Å². The highest BCUT2D eigenvalue weighted by Crippen LogP contribution is 2.34. The van der Waals surface area contributed by atoms with Gasteiger partial charge in [0, 0.05) is 16.5 Å². The zero-order chi connectivity index (χ0) is 16.1.